The Hall–Kier alpha value is -1.34. The van der Waals surface area contributed by atoms with Crippen LogP contribution in [0.1, 0.15) is 11.6 Å². The number of ether oxygens (including phenoxy) is 4. The lowest BCUT2D eigenvalue weighted by Gasteiger charge is -2.21. The molecule has 0 aliphatic carbocycles. The van der Waals surface area contributed by atoms with Gasteiger partial charge in [0, 0.05) is 7.11 Å². The van der Waals surface area contributed by atoms with E-state index in [-0.39, 0.29) is 6.04 Å². The van der Waals surface area contributed by atoms with Crippen molar-refractivity contribution in [2.75, 3.05) is 41.2 Å². The molecule has 0 aliphatic rings. The Morgan fingerprint density at radius 1 is 1.11 bits per heavy atom. The molecule has 3 N–H and O–H groups in total. The number of hydrogen-bond donors (Lipinski definition) is 2. The third kappa shape index (κ3) is 4.36. The van der Waals surface area contributed by atoms with Gasteiger partial charge in [0.1, 0.15) is 11.5 Å². The van der Waals surface area contributed by atoms with Crippen molar-refractivity contribution in [1.29, 1.82) is 0 Å². The van der Waals surface area contributed by atoms with Crippen LogP contribution in [-0.4, -0.2) is 41.2 Å². The molecule has 1 unspecified atom stereocenters. The summed E-state index contributed by atoms with van der Waals surface area (Å²) in [5.74, 6) is 7.01. The minimum Gasteiger partial charge on any atom is -0.496 e. The molecule has 1 atom stereocenters. The highest BCUT2D eigenvalue weighted by Gasteiger charge is 2.20. The Bertz CT molecular complexity index is 351. The van der Waals surface area contributed by atoms with Gasteiger partial charge in [-0.25, -0.2) is 0 Å². The fraction of sp³-hybridized carbons (Fsp3) is 0.538. The Morgan fingerprint density at radius 3 is 2.21 bits per heavy atom. The fourth-order valence-corrected chi connectivity index (χ4v) is 1.78. The fourth-order valence-electron chi connectivity index (χ4n) is 1.78. The van der Waals surface area contributed by atoms with Gasteiger partial charge in [0.05, 0.1) is 45.6 Å². The van der Waals surface area contributed by atoms with E-state index in [0.29, 0.717) is 31.3 Å². The zero-order chi connectivity index (χ0) is 14.1. The molecule has 6 nitrogen and oxygen atoms in total. The van der Waals surface area contributed by atoms with Crippen LogP contribution in [0.25, 0.3) is 0 Å². The van der Waals surface area contributed by atoms with Crippen molar-refractivity contribution >= 4 is 0 Å². The number of methoxy groups -OCH3 is 3. The van der Waals surface area contributed by atoms with E-state index in [1.807, 2.05) is 18.2 Å². The first-order chi connectivity index (χ1) is 9.28. The molecule has 0 radical (unpaired) electrons. The highest BCUT2D eigenvalue weighted by atomic mass is 16.5. The smallest absolute Gasteiger partial charge is 0.127 e. The summed E-state index contributed by atoms with van der Waals surface area (Å²) < 4.78 is 21.1. The maximum atomic E-state index is 5.59. The van der Waals surface area contributed by atoms with Crippen molar-refractivity contribution < 1.29 is 18.9 Å². The third-order valence-electron chi connectivity index (χ3n) is 2.73. The largest absolute Gasteiger partial charge is 0.496 e. The molecule has 19 heavy (non-hydrogen) atoms. The molecule has 0 spiro atoms. The standard InChI is InChI=1S/C13H22N2O4/c1-16-7-8-19-9-10(15-14)13-11(17-2)5-4-6-12(13)18-3/h4-6,10,15H,7-9,14H2,1-3H3. The van der Waals surface area contributed by atoms with E-state index in [1.165, 1.54) is 0 Å². The zero-order valence-corrected chi connectivity index (χ0v) is 11.6. The third-order valence-corrected chi connectivity index (χ3v) is 2.73. The van der Waals surface area contributed by atoms with Crippen molar-refractivity contribution in [3.8, 4) is 11.5 Å². The molecular weight excluding hydrogens is 248 g/mol. The zero-order valence-electron chi connectivity index (χ0n) is 11.6. The monoisotopic (exact) mass is 270 g/mol. The molecule has 108 valence electrons. The summed E-state index contributed by atoms with van der Waals surface area (Å²) in [5.41, 5.74) is 3.56. The van der Waals surface area contributed by atoms with Gasteiger partial charge in [-0.05, 0) is 12.1 Å². The Morgan fingerprint density at radius 2 is 1.74 bits per heavy atom. The molecule has 0 saturated heterocycles. The average molecular weight is 270 g/mol. The summed E-state index contributed by atoms with van der Waals surface area (Å²) in [6.07, 6.45) is 0. The molecule has 0 saturated carbocycles. The van der Waals surface area contributed by atoms with Crippen molar-refractivity contribution in [1.82, 2.24) is 5.43 Å². The molecule has 0 amide bonds. The van der Waals surface area contributed by atoms with Crippen LogP contribution in [-0.2, 0) is 9.47 Å². The second kappa shape index (κ2) is 8.71. The van der Waals surface area contributed by atoms with Crippen molar-refractivity contribution in [2.24, 2.45) is 5.84 Å². The summed E-state index contributed by atoms with van der Waals surface area (Å²) in [4.78, 5) is 0. The van der Waals surface area contributed by atoms with Gasteiger partial charge >= 0.3 is 0 Å². The number of hydrogen-bond acceptors (Lipinski definition) is 6. The number of rotatable bonds is 9. The van der Waals surface area contributed by atoms with Gasteiger partial charge < -0.3 is 18.9 Å². The highest BCUT2D eigenvalue weighted by Crippen LogP contribution is 2.33. The Balaban J connectivity index is 2.83. The molecule has 0 bridgehead atoms. The highest BCUT2D eigenvalue weighted by molar-refractivity contribution is 5.47. The first-order valence-electron chi connectivity index (χ1n) is 6.02. The average Bonchev–Trinajstić information content (AvgIpc) is 2.47. The van der Waals surface area contributed by atoms with E-state index in [0.717, 1.165) is 5.56 Å². The molecule has 0 aromatic heterocycles. The number of nitrogens with one attached hydrogen (secondary N) is 1. The number of nitrogens with two attached hydrogens (primary N) is 1. The molecule has 1 rings (SSSR count). The van der Waals surface area contributed by atoms with Crippen molar-refractivity contribution in [3.63, 3.8) is 0 Å². The van der Waals surface area contributed by atoms with Crippen LogP contribution in [0.4, 0.5) is 0 Å². The van der Waals surface area contributed by atoms with E-state index >= 15 is 0 Å². The lowest BCUT2D eigenvalue weighted by molar-refractivity contribution is 0.0579. The lowest BCUT2D eigenvalue weighted by Crippen LogP contribution is -2.32. The van der Waals surface area contributed by atoms with Gasteiger partial charge in [-0.2, -0.15) is 0 Å². The molecule has 1 aromatic carbocycles. The normalized spacial score (nSPS) is 12.2. The van der Waals surface area contributed by atoms with Gasteiger partial charge in [-0.3, -0.25) is 11.3 Å². The van der Waals surface area contributed by atoms with E-state index in [1.54, 1.807) is 21.3 Å². The first-order valence-corrected chi connectivity index (χ1v) is 6.02. The summed E-state index contributed by atoms with van der Waals surface area (Å²) in [6, 6.07) is 5.36. The molecular formula is C13H22N2O4. The van der Waals surface area contributed by atoms with E-state index in [9.17, 15) is 0 Å². The molecule has 0 fully saturated rings. The SMILES string of the molecule is COCCOCC(NN)c1c(OC)cccc1OC. The topological polar surface area (TPSA) is 75.0 Å². The van der Waals surface area contributed by atoms with E-state index < -0.39 is 0 Å². The lowest BCUT2D eigenvalue weighted by atomic mass is 10.1. The minimum absolute atomic E-state index is 0.219. The van der Waals surface area contributed by atoms with Crippen molar-refractivity contribution in [3.05, 3.63) is 23.8 Å². The Kier molecular flexibility index (Phi) is 7.20. The predicted molar refractivity (Wildman–Crippen MR) is 72.3 cm³/mol. The number of benzene rings is 1. The first kappa shape index (κ1) is 15.7. The van der Waals surface area contributed by atoms with Gasteiger partial charge in [-0.1, -0.05) is 6.07 Å². The van der Waals surface area contributed by atoms with Gasteiger partial charge in [0.2, 0.25) is 0 Å². The maximum Gasteiger partial charge on any atom is 0.127 e. The molecule has 1 aromatic rings. The van der Waals surface area contributed by atoms with Gasteiger partial charge in [0.25, 0.3) is 0 Å². The summed E-state index contributed by atoms with van der Waals surface area (Å²) >= 11 is 0. The number of hydrazine groups is 1. The van der Waals surface area contributed by atoms with Crippen LogP contribution >= 0.6 is 0 Å². The van der Waals surface area contributed by atoms with Crippen LogP contribution in [0.3, 0.4) is 0 Å². The van der Waals surface area contributed by atoms with Crippen LogP contribution in [0.15, 0.2) is 18.2 Å². The van der Waals surface area contributed by atoms with Crippen LogP contribution in [0, 0.1) is 0 Å². The maximum absolute atomic E-state index is 5.59. The Labute approximate surface area is 113 Å². The van der Waals surface area contributed by atoms with E-state index in [4.69, 9.17) is 24.8 Å². The quantitative estimate of drug-likeness (QED) is 0.394. The van der Waals surface area contributed by atoms with E-state index in [2.05, 4.69) is 5.43 Å². The summed E-state index contributed by atoms with van der Waals surface area (Å²) in [7, 11) is 4.85. The molecule has 0 aliphatic heterocycles. The minimum atomic E-state index is -0.219. The van der Waals surface area contributed by atoms with Gasteiger partial charge in [-0.15, -0.1) is 0 Å². The predicted octanol–water partition coefficient (Wildman–Crippen LogP) is 0.871. The summed E-state index contributed by atoms with van der Waals surface area (Å²) in [5, 5.41) is 0. The van der Waals surface area contributed by atoms with Crippen LogP contribution in [0.2, 0.25) is 0 Å². The van der Waals surface area contributed by atoms with Crippen LogP contribution in [0.5, 0.6) is 11.5 Å². The second-order valence-electron chi connectivity index (χ2n) is 3.86. The second-order valence-corrected chi connectivity index (χ2v) is 3.86. The van der Waals surface area contributed by atoms with Gasteiger partial charge in [0.15, 0.2) is 0 Å². The molecule has 6 heteroatoms. The summed E-state index contributed by atoms with van der Waals surface area (Å²) in [6.45, 7) is 1.45. The van der Waals surface area contributed by atoms with Crippen molar-refractivity contribution in [2.45, 2.75) is 6.04 Å². The molecule has 0 heterocycles. The van der Waals surface area contributed by atoms with Crippen LogP contribution < -0.4 is 20.7 Å².